The molecule has 1 atom stereocenters. The molecule has 0 aromatic heterocycles. The maximum absolute atomic E-state index is 12.5. The molecule has 0 spiro atoms. The average molecular weight is 405 g/mol. The molecule has 2 aromatic carbocycles. The zero-order valence-corrected chi connectivity index (χ0v) is 17.4. The zero-order chi connectivity index (χ0) is 20.6. The van der Waals surface area contributed by atoms with Crippen molar-refractivity contribution < 1.29 is 17.9 Å². The van der Waals surface area contributed by atoms with Crippen LogP contribution in [-0.4, -0.2) is 39.8 Å². The maximum atomic E-state index is 12.5. The second-order valence-electron chi connectivity index (χ2n) is 6.60. The summed E-state index contributed by atoms with van der Waals surface area (Å²) in [6.07, 6.45) is 3.22. The van der Waals surface area contributed by atoms with Gasteiger partial charge < -0.3 is 10.1 Å². The van der Waals surface area contributed by atoms with E-state index in [-0.39, 0.29) is 12.5 Å². The fraction of sp³-hybridized carbons (Fsp3) is 0.381. The summed E-state index contributed by atoms with van der Waals surface area (Å²) in [7, 11) is -3.60. The lowest BCUT2D eigenvalue weighted by atomic mass is 10.1. The topological polar surface area (TPSA) is 75.7 Å². The van der Waals surface area contributed by atoms with Crippen LogP contribution in [0.5, 0.6) is 5.75 Å². The first-order chi connectivity index (χ1) is 13.3. The van der Waals surface area contributed by atoms with E-state index >= 15 is 0 Å². The number of anilines is 1. The largest absolute Gasteiger partial charge is 0.492 e. The minimum Gasteiger partial charge on any atom is -0.492 e. The Morgan fingerprint density at radius 1 is 1.11 bits per heavy atom. The third-order valence-electron chi connectivity index (χ3n) is 4.23. The number of benzene rings is 2. The molecule has 152 valence electrons. The Morgan fingerprint density at radius 3 is 2.32 bits per heavy atom. The van der Waals surface area contributed by atoms with Crippen molar-refractivity contribution in [2.45, 2.75) is 32.7 Å². The normalized spacial score (nSPS) is 12.2. The van der Waals surface area contributed by atoms with Gasteiger partial charge in [-0.1, -0.05) is 43.7 Å². The number of para-hydroxylation sites is 1. The highest BCUT2D eigenvalue weighted by Crippen LogP contribution is 2.20. The number of nitrogens with zero attached hydrogens (tertiary/aromatic N) is 1. The van der Waals surface area contributed by atoms with Crippen LogP contribution in [0.3, 0.4) is 0 Å². The van der Waals surface area contributed by atoms with Crippen LogP contribution in [0.4, 0.5) is 5.69 Å². The Morgan fingerprint density at radius 2 is 1.75 bits per heavy atom. The Balaban J connectivity index is 1.89. The summed E-state index contributed by atoms with van der Waals surface area (Å²) in [4.78, 5) is 12.5. The first kappa shape index (κ1) is 21.8. The van der Waals surface area contributed by atoms with Crippen molar-refractivity contribution in [3.8, 4) is 5.75 Å². The predicted octanol–water partition coefficient (Wildman–Crippen LogP) is 2.99. The maximum Gasteiger partial charge on any atom is 0.243 e. The van der Waals surface area contributed by atoms with Gasteiger partial charge in [0, 0.05) is 0 Å². The quantitative estimate of drug-likeness (QED) is 0.618. The molecule has 6 nitrogen and oxygen atoms in total. The fourth-order valence-corrected chi connectivity index (χ4v) is 4.09. The highest BCUT2D eigenvalue weighted by molar-refractivity contribution is 7.92. The molecule has 0 saturated carbocycles. The average Bonchev–Trinajstić information content (AvgIpc) is 2.66. The van der Waals surface area contributed by atoms with Gasteiger partial charge in [-0.2, -0.15) is 0 Å². The molecule has 0 radical (unpaired) electrons. The zero-order valence-electron chi connectivity index (χ0n) is 16.6. The summed E-state index contributed by atoms with van der Waals surface area (Å²) in [6.45, 7) is 4.29. The van der Waals surface area contributed by atoms with Crippen LogP contribution >= 0.6 is 0 Å². The number of hydrogen-bond donors (Lipinski definition) is 1. The number of rotatable bonds is 10. The summed E-state index contributed by atoms with van der Waals surface area (Å²) in [5.41, 5.74) is 1.72. The van der Waals surface area contributed by atoms with Crippen LogP contribution in [0.25, 0.3) is 0 Å². The lowest BCUT2D eigenvalue weighted by molar-refractivity contribution is -0.121. The van der Waals surface area contributed by atoms with Gasteiger partial charge in [-0.3, -0.25) is 9.10 Å². The number of ether oxygens (including phenoxy) is 1. The van der Waals surface area contributed by atoms with Crippen molar-refractivity contribution in [3.05, 3.63) is 60.2 Å². The van der Waals surface area contributed by atoms with E-state index in [0.717, 1.165) is 29.2 Å². The number of aryl methyl sites for hydroxylation is 1. The van der Waals surface area contributed by atoms with E-state index in [9.17, 15) is 13.2 Å². The number of hydrogen-bond acceptors (Lipinski definition) is 4. The van der Waals surface area contributed by atoms with Gasteiger partial charge in [-0.25, -0.2) is 8.42 Å². The van der Waals surface area contributed by atoms with E-state index in [2.05, 4.69) is 12.2 Å². The van der Waals surface area contributed by atoms with Crippen LogP contribution < -0.4 is 14.4 Å². The Bertz CT molecular complexity index is 852. The first-order valence-electron chi connectivity index (χ1n) is 9.37. The van der Waals surface area contributed by atoms with Crippen LogP contribution in [0.15, 0.2) is 54.6 Å². The van der Waals surface area contributed by atoms with Gasteiger partial charge in [0.25, 0.3) is 0 Å². The Labute approximate surface area is 167 Å². The van der Waals surface area contributed by atoms with Gasteiger partial charge in [-0.05, 0) is 43.2 Å². The van der Waals surface area contributed by atoms with E-state index in [1.165, 1.54) is 5.56 Å². The lowest BCUT2D eigenvalue weighted by Gasteiger charge is -2.28. The molecule has 1 amide bonds. The second kappa shape index (κ2) is 10.1. The number of carbonyl (C=O) groups is 1. The molecular formula is C21H28N2O4S. The standard InChI is InChI=1S/C21H28N2O4S/c1-4-8-18-11-13-20(14-12-18)27-16-15-22-21(24)17(2)23(28(3,25)26)19-9-6-5-7-10-19/h5-7,9-14,17H,4,8,15-16H2,1-3H3,(H,22,24)/t17-/m0/s1. The summed E-state index contributed by atoms with van der Waals surface area (Å²) in [5, 5.41) is 2.74. The molecular weight excluding hydrogens is 376 g/mol. The molecule has 0 heterocycles. The summed E-state index contributed by atoms with van der Waals surface area (Å²) >= 11 is 0. The van der Waals surface area contributed by atoms with E-state index in [1.54, 1.807) is 37.3 Å². The number of sulfonamides is 1. The third kappa shape index (κ3) is 6.27. The van der Waals surface area contributed by atoms with Crippen molar-refractivity contribution in [1.82, 2.24) is 5.32 Å². The van der Waals surface area contributed by atoms with Crippen LogP contribution in [0, 0.1) is 0 Å². The van der Waals surface area contributed by atoms with E-state index in [4.69, 9.17) is 4.74 Å². The number of carbonyl (C=O) groups excluding carboxylic acids is 1. The fourth-order valence-electron chi connectivity index (χ4n) is 2.92. The van der Waals surface area contributed by atoms with Crippen LogP contribution in [0.2, 0.25) is 0 Å². The first-order valence-corrected chi connectivity index (χ1v) is 11.2. The molecule has 0 aliphatic rings. The molecule has 0 bridgehead atoms. The molecule has 1 N–H and O–H groups in total. The van der Waals surface area contributed by atoms with Gasteiger partial charge in [0.15, 0.2) is 0 Å². The molecule has 7 heteroatoms. The van der Waals surface area contributed by atoms with E-state index in [0.29, 0.717) is 12.3 Å². The number of amides is 1. The molecule has 2 rings (SSSR count). The summed E-state index contributed by atoms with van der Waals surface area (Å²) < 4.78 is 31.1. The third-order valence-corrected chi connectivity index (χ3v) is 5.47. The van der Waals surface area contributed by atoms with Gasteiger partial charge >= 0.3 is 0 Å². The van der Waals surface area contributed by atoms with Crippen molar-refractivity contribution in [2.75, 3.05) is 23.7 Å². The SMILES string of the molecule is CCCc1ccc(OCCNC(=O)[C@H](C)N(c2ccccc2)S(C)(=O)=O)cc1. The highest BCUT2D eigenvalue weighted by atomic mass is 32.2. The van der Waals surface area contributed by atoms with Gasteiger partial charge in [-0.15, -0.1) is 0 Å². The highest BCUT2D eigenvalue weighted by Gasteiger charge is 2.28. The van der Waals surface area contributed by atoms with Gasteiger partial charge in [0.05, 0.1) is 18.5 Å². The molecule has 0 aliphatic heterocycles. The summed E-state index contributed by atoms with van der Waals surface area (Å²) in [6, 6.07) is 15.6. The van der Waals surface area contributed by atoms with Crippen LogP contribution in [-0.2, 0) is 21.2 Å². The minimum absolute atomic E-state index is 0.284. The Hall–Kier alpha value is -2.54. The molecule has 2 aromatic rings. The molecule has 0 fully saturated rings. The lowest BCUT2D eigenvalue weighted by Crippen LogP contribution is -2.48. The molecule has 0 unspecified atom stereocenters. The van der Waals surface area contributed by atoms with Crippen molar-refractivity contribution in [3.63, 3.8) is 0 Å². The molecule has 28 heavy (non-hydrogen) atoms. The van der Waals surface area contributed by atoms with Crippen molar-refractivity contribution in [2.24, 2.45) is 0 Å². The smallest absolute Gasteiger partial charge is 0.243 e. The molecule has 0 aliphatic carbocycles. The monoisotopic (exact) mass is 404 g/mol. The second-order valence-corrected chi connectivity index (χ2v) is 8.46. The Kier molecular flexibility index (Phi) is 7.87. The van der Waals surface area contributed by atoms with Gasteiger partial charge in [0.1, 0.15) is 18.4 Å². The predicted molar refractivity (Wildman–Crippen MR) is 112 cm³/mol. The molecule has 0 saturated heterocycles. The van der Waals surface area contributed by atoms with Crippen molar-refractivity contribution >= 4 is 21.6 Å². The van der Waals surface area contributed by atoms with Gasteiger partial charge in [0.2, 0.25) is 15.9 Å². The number of nitrogens with one attached hydrogen (secondary N) is 1. The van der Waals surface area contributed by atoms with E-state index in [1.807, 2.05) is 24.3 Å². The van der Waals surface area contributed by atoms with Crippen LogP contribution in [0.1, 0.15) is 25.8 Å². The van der Waals surface area contributed by atoms with E-state index < -0.39 is 16.1 Å². The summed E-state index contributed by atoms with van der Waals surface area (Å²) in [5.74, 6) is 0.361. The van der Waals surface area contributed by atoms with Crippen molar-refractivity contribution in [1.29, 1.82) is 0 Å². The minimum atomic E-state index is -3.60.